The molecule has 0 spiro atoms. The van der Waals surface area contributed by atoms with Gasteiger partial charge in [-0.3, -0.25) is 0 Å². The fourth-order valence-corrected chi connectivity index (χ4v) is 2.74. The van der Waals surface area contributed by atoms with Crippen LogP contribution in [0, 0.1) is 13.8 Å². The first kappa shape index (κ1) is 15.1. The maximum Gasteiger partial charge on any atom is 0.195 e. The Balaban J connectivity index is 2.11. The van der Waals surface area contributed by atoms with E-state index in [1.165, 1.54) is 16.0 Å². The third kappa shape index (κ3) is 3.61. The van der Waals surface area contributed by atoms with Crippen molar-refractivity contribution < 1.29 is 0 Å². The van der Waals surface area contributed by atoms with Crippen LogP contribution in [0.5, 0.6) is 0 Å². The molecule has 1 aromatic heterocycles. The molecule has 2 rings (SSSR count). The summed E-state index contributed by atoms with van der Waals surface area (Å²) in [6.45, 7) is 9.34. The van der Waals surface area contributed by atoms with Crippen LogP contribution in [0.1, 0.15) is 30.8 Å². The van der Waals surface area contributed by atoms with Crippen molar-refractivity contribution in [2.75, 3.05) is 0 Å². The largest absolute Gasteiger partial charge is 0.310 e. The molecule has 2 aromatic rings. The Labute approximate surface area is 125 Å². The Hall–Kier alpha value is -1.33. The van der Waals surface area contributed by atoms with E-state index in [1.807, 2.05) is 18.5 Å². The number of hydrogen-bond acceptors (Lipinski definition) is 4. The van der Waals surface area contributed by atoms with E-state index in [2.05, 4.69) is 54.5 Å². The predicted octanol–water partition coefficient (Wildman–Crippen LogP) is 3.08. The molecule has 108 valence electrons. The smallest absolute Gasteiger partial charge is 0.195 e. The Morgan fingerprint density at radius 2 is 2.00 bits per heavy atom. The lowest BCUT2D eigenvalue weighted by Crippen LogP contribution is -2.21. The Kier molecular flexibility index (Phi) is 4.83. The first-order valence-electron chi connectivity index (χ1n) is 6.84. The van der Waals surface area contributed by atoms with Gasteiger partial charge in [-0.2, -0.15) is 0 Å². The van der Waals surface area contributed by atoms with Crippen LogP contribution in [0.2, 0.25) is 0 Å². The van der Waals surface area contributed by atoms with Crippen LogP contribution in [-0.4, -0.2) is 20.8 Å². The summed E-state index contributed by atoms with van der Waals surface area (Å²) in [6.07, 6.45) is 0. The van der Waals surface area contributed by atoms with Crippen LogP contribution >= 0.6 is 11.8 Å². The highest BCUT2D eigenvalue weighted by Gasteiger charge is 2.09. The summed E-state index contributed by atoms with van der Waals surface area (Å²) in [6, 6.07) is 7.09. The first-order chi connectivity index (χ1) is 9.47. The van der Waals surface area contributed by atoms with Gasteiger partial charge in [0.15, 0.2) is 5.16 Å². The number of aryl methyl sites for hydroxylation is 2. The minimum atomic E-state index is 0.506. The number of benzene rings is 1. The molecule has 0 radical (unpaired) electrons. The first-order valence-corrected chi connectivity index (χ1v) is 7.65. The van der Waals surface area contributed by atoms with Gasteiger partial charge in [0.2, 0.25) is 0 Å². The third-order valence-electron chi connectivity index (χ3n) is 3.21. The minimum Gasteiger partial charge on any atom is -0.310 e. The molecule has 1 aromatic carbocycles. The summed E-state index contributed by atoms with van der Waals surface area (Å²) >= 11 is 1.66. The number of nitrogens with zero attached hydrogens (tertiary/aromatic N) is 3. The van der Waals surface area contributed by atoms with Crippen LogP contribution in [0.4, 0.5) is 0 Å². The van der Waals surface area contributed by atoms with Gasteiger partial charge in [-0.25, -0.2) is 0 Å². The summed E-state index contributed by atoms with van der Waals surface area (Å²) in [5, 5.41) is 12.7. The fourth-order valence-electron chi connectivity index (χ4n) is 1.83. The van der Waals surface area contributed by atoms with E-state index in [9.17, 15) is 0 Å². The molecule has 1 heterocycles. The van der Waals surface area contributed by atoms with E-state index in [0.29, 0.717) is 6.04 Å². The molecule has 20 heavy (non-hydrogen) atoms. The third-order valence-corrected chi connectivity index (χ3v) is 4.42. The predicted molar refractivity (Wildman–Crippen MR) is 83.0 cm³/mol. The lowest BCUT2D eigenvalue weighted by Gasteiger charge is -2.11. The van der Waals surface area contributed by atoms with Crippen molar-refractivity contribution in [1.29, 1.82) is 0 Å². The molecule has 5 heteroatoms. The number of rotatable bonds is 5. The summed E-state index contributed by atoms with van der Waals surface area (Å²) in [4.78, 5) is 1.23. The number of hydrogen-bond donors (Lipinski definition) is 1. The maximum atomic E-state index is 4.20. The Morgan fingerprint density at radius 3 is 2.55 bits per heavy atom. The van der Waals surface area contributed by atoms with Crippen LogP contribution in [0.3, 0.4) is 0 Å². The second-order valence-electron chi connectivity index (χ2n) is 5.33. The van der Waals surface area contributed by atoms with E-state index in [4.69, 9.17) is 0 Å². The topological polar surface area (TPSA) is 42.7 Å². The summed E-state index contributed by atoms with van der Waals surface area (Å²) in [5.74, 6) is 0.933. The normalized spacial score (nSPS) is 11.3. The average molecular weight is 290 g/mol. The van der Waals surface area contributed by atoms with Gasteiger partial charge in [0, 0.05) is 24.5 Å². The molecule has 0 amide bonds. The molecule has 0 saturated carbocycles. The van der Waals surface area contributed by atoms with Crippen molar-refractivity contribution in [2.45, 2.75) is 50.3 Å². The molecule has 0 saturated heterocycles. The minimum absolute atomic E-state index is 0.506. The maximum absolute atomic E-state index is 4.20. The zero-order valence-electron chi connectivity index (χ0n) is 12.8. The van der Waals surface area contributed by atoms with Crippen molar-refractivity contribution in [3.63, 3.8) is 0 Å². The van der Waals surface area contributed by atoms with Crippen molar-refractivity contribution in [3.8, 4) is 0 Å². The van der Waals surface area contributed by atoms with E-state index in [0.717, 1.165) is 17.5 Å². The van der Waals surface area contributed by atoms with E-state index < -0.39 is 0 Å². The summed E-state index contributed by atoms with van der Waals surface area (Å²) < 4.78 is 2.01. The molecule has 0 aliphatic heterocycles. The SMILES string of the molecule is Cc1cc(CNC(C)C)ccc1Sc1nnc(C)n1C. The van der Waals surface area contributed by atoms with Gasteiger partial charge in [-0.05, 0) is 42.8 Å². The van der Waals surface area contributed by atoms with E-state index in [1.54, 1.807) is 11.8 Å². The molecule has 0 bridgehead atoms. The van der Waals surface area contributed by atoms with Gasteiger partial charge in [-0.15, -0.1) is 10.2 Å². The lowest BCUT2D eigenvalue weighted by molar-refractivity contribution is 0.588. The zero-order chi connectivity index (χ0) is 14.7. The van der Waals surface area contributed by atoms with Gasteiger partial charge in [0.25, 0.3) is 0 Å². The summed E-state index contributed by atoms with van der Waals surface area (Å²) in [5.41, 5.74) is 2.59. The average Bonchev–Trinajstić information content (AvgIpc) is 2.71. The highest BCUT2D eigenvalue weighted by atomic mass is 32.2. The van der Waals surface area contributed by atoms with Crippen LogP contribution in [0.15, 0.2) is 28.3 Å². The van der Waals surface area contributed by atoms with Crippen LogP contribution < -0.4 is 5.32 Å². The Morgan fingerprint density at radius 1 is 1.25 bits per heavy atom. The molecule has 0 unspecified atom stereocenters. The molecule has 0 fully saturated rings. The second-order valence-corrected chi connectivity index (χ2v) is 6.34. The second kappa shape index (κ2) is 6.41. The standard InChI is InChI=1S/C15H22N4S/c1-10(2)16-9-13-6-7-14(11(3)8-13)20-15-18-17-12(4)19(15)5/h6-8,10,16H,9H2,1-5H3. The van der Waals surface area contributed by atoms with Crippen molar-refractivity contribution in [1.82, 2.24) is 20.1 Å². The van der Waals surface area contributed by atoms with Crippen LogP contribution in [-0.2, 0) is 13.6 Å². The van der Waals surface area contributed by atoms with Gasteiger partial charge in [0.1, 0.15) is 5.82 Å². The summed E-state index contributed by atoms with van der Waals surface area (Å²) in [7, 11) is 1.99. The molecule has 0 aliphatic carbocycles. The highest BCUT2D eigenvalue weighted by molar-refractivity contribution is 7.99. The lowest BCUT2D eigenvalue weighted by atomic mass is 10.1. The number of aromatic nitrogens is 3. The van der Waals surface area contributed by atoms with Crippen LogP contribution in [0.25, 0.3) is 0 Å². The molecule has 0 aliphatic rings. The molecular formula is C15H22N4S. The van der Waals surface area contributed by atoms with E-state index >= 15 is 0 Å². The molecular weight excluding hydrogens is 268 g/mol. The van der Waals surface area contributed by atoms with Gasteiger partial charge in [0.05, 0.1) is 0 Å². The monoisotopic (exact) mass is 290 g/mol. The van der Waals surface area contributed by atoms with Gasteiger partial charge in [-0.1, -0.05) is 26.0 Å². The molecule has 1 N–H and O–H groups in total. The highest BCUT2D eigenvalue weighted by Crippen LogP contribution is 2.29. The van der Waals surface area contributed by atoms with Gasteiger partial charge < -0.3 is 9.88 Å². The fraction of sp³-hybridized carbons (Fsp3) is 0.467. The molecule has 4 nitrogen and oxygen atoms in total. The molecule has 0 atom stereocenters. The number of nitrogens with one attached hydrogen (secondary N) is 1. The van der Waals surface area contributed by atoms with Crippen molar-refractivity contribution in [3.05, 3.63) is 35.2 Å². The van der Waals surface area contributed by atoms with Crippen molar-refractivity contribution >= 4 is 11.8 Å². The Bertz CT molecular complexity index is 590. The quantitative estimate of drug-likeness (QED) is 0.919. The van der Waals surface area contributed by atoms with Gasteiger partial charge >= 0.3 is 0 Å². The zero-order valence-corrected chi connectivity index (χ0v) is 13.6. The van der Waals surface area contributed by atoms with Crippen molar-refractivity contribution in [2.24, 2.45) is 7.05 Å². The van der Waals surface area contributed by atoms with E-state index in [-0.39, 0.29) is 0 Å².